The Labute approximate surface area is 173 Å². The van der Waals surface area contributed by atoms with Gasteiger partial charge in [-0.05, 0) is 26.0 Å². The SMILES string of the molecule is Cn1c(CNC(=O)COc2cc(O)c3c(c2)OC(C)(C)CC3=O)nc2ccccc21. The highest BCUT2D eigenvalue weighted by Gasteiger charge is 2.35. The van der Waals surface area contributed by atoms with Gasteiger partial charge in [-0.1, -0.05) is 12.1 Å². The van der Waals surface area contributed by atoms with E-state index in [9.17, 15) is 14.7 Å². The summed E-state index contributed by atoms with van der Waals surface area (Å²) in [6, 6.07) is 10.6. The molecule has 8 nitrogen and oxygen atoms in total. The maximum absolute atomic E-state index is 12.3. The van der Waals surface area contributed by atoms with E-state index in [-0.39, 0.29) is 54.1 Å². The van der Waals surface area contributed by atoms with Crippen LogP contribution in [0.3, 0.4) is 0 Å². The van der Waals surface area contributed by atoms with E-state index in [2.05, 4.69) is 10.3 Å². The van der Waals surface area contributed by atoms with E-state index < -0.39 is 5.60 Å². The van der Waals surface area contributed by atoms with E-state index in [0.717, 1.165) is 16.9 Å². The van der Waals surface area contributed by atoms with Gasteiger partial charge in [0, 0.05) is 19.2 Å². The van der Waals surface area contributed by atoms with Gasteiger partial charge in [0.1, 0.15) is 34.2 Å². The summed E-state index contributed by atoms with van der Waals surface area (Å²) in [6.07, 6.45) is 0.179. The summed E-state index contributed by atoms with van der Waals surface area (Å²) >= 11 is 0. The molecule has 0 radical (unpaired) electrons. The number of hydrogen-bond donors (Lipinski definition) is 2. The van der Waals surface area contributed by atoms with Crippen molar-refractivity contribution in [2.24, 2.45) is 7.05 Å². The number of aromatic nitrogens is 2. The Balaban J connectivity index is 1.40. The average molecular weight is 409 g/mol. The van der Waals surface area contributed by atoms with Crippen molar-refractivity contribution in [3.8, 4) is 17.2 Å². The highest BCUT2D eigenvalue weighted by atomic mass is 16.5. The number of carbonyl (C=O) groups is 2. The van der Waals surface area contributed by atoms with Crippen molar-refractivity contribution in [2.75, 3.05) is 6.61 Å². The maximum atomic E-state index is 12.3. The number of fused-ring (bicyclic) bond motifs is 2. The predicted molar refractivity (Wildman–Crippen MR) is 110 cm³/mol. The van der Waals surface area contributed by atoms with Crippen LogP contribution in [-0.4, -0.2) is 38.6 Å². The monoisotopic (exact) mass is 409 g/mol. The molecule has 156 valence electrons. The van der Waals surface area contributed by atoms with Crippen molar-refractivity contribution in [2.45, 2.75) is 32.4 Å². The van der Waals surface area contributed by atoms with E-state index >= 15 is 0 Å². The Hall–Kier alpha value is -3.55. The zero-order valence-electron chi connectivity index (χ0n) is 17.1. The average Bonchev–Trinajstić information content (AvgIpc) is 2.99. The molecule has 0 aliphatic carbocycles. The van der Waals surface area contributed by atoms with Crippen LogP contribution in [0, 0.1) is 0 Å². The topological polar surface area (TPSA) is 103 Å². The third kappa shape index (κ3) is 3.80. The van der Waals surface area contributed by atoms with Crippen LogP contribution in [0.4, 0.5) is 0 Å². The minimum absolute atomic E-state index is 0.146. The van der Waals surface area contributed by atoms with Gasteiger partial charge in [-0.2, -0.15) is 0 Å². The molecule has 0 saturated carbocycles. The molecule has 3 aromatic rings. The minimum Gasteiger partial charge on any atom is -0.507 e. The molecular formula is C22H23N3O5. The number of Topliss-reactive ketones (excluding diaryl/α,β-unsaturated/α-hetero) is 1. The van der Waals surface area contributed by atoms with E-state index in [1.807, 2.05) is 35.9 Å². The summed E-state index contributed by atoms with van der Waals surface area (Å²) in [4.78, 5) is 29.0. The number of phenols is 1. The number of imidazole rings is 1. The lowest BCUT2D eigenvalue weighted by atomic mass is 9.92. The number of ether oxygens (including phenoxy) is 2. The number of amides is 1. The van der Waals surface area contributed by atoms with Crippen molar-refractivity contribution in [3.63, 3.8) is 0 Å². The van der Waals surface area contributed by atoms with Crippen molar-refractivity contribution in [3.05, 3.63) is 47.8 Å². The number of hydrogen-bond acceptors (Lipinski definition) is 6. The number of benzene rings is 2. The zero-order valence-corrected chi connectivity index (χ0v) is 17.1. The van der Waals surface area contributed by atoms with E-state index in [1.54, 1.807) is 13.8 Å². The Morgan fingerprint density at radius 2 is 2.10 bits per heavy atom. The summed E-state index contributed by atoms with van der Waals surface area (Å²) in [5.74, 6) is 0.483. The highest BCUT2D eigenvalue weighted by molar-refractivity contribution is 6.03. The second-order valence-electron chi connectivity index (χ2n) is 7.92. The number of phenolic OH excluding ortho intramolecular Hbond substituents is 1. The van der Waals surface area contributed by atoms with Gasteiger partial charge in [-0.15, -0.1) is 0 Å². The molecule has 1 amide bonds. The summed E-state index contributed by atoms with van der Waals surface area (Å²) in [5, 5.41) is 13.0. The number of aryl methyl sites for hydroxylation is 1. The lowest BCUT2D eigenvalue weighted by Crippen LogP contribution is -2.36. The number of nitrogens with zero attached hydrogens (tertiary/aromatic N) is 2. The smallest absolute Gasteiger partial charge is 0.258 e. The second-order valence-corrected chi connectivity index (χ2v) is 7.92. The van der Waals surface area contributed by atoms with Gasteiger partial charge in [0.15, 0.2) is 12.4 Å². The Kier molecular flexibility index (Phi) is 4.85. The molecule has 0 bridgehead atoms. The lowest BCUT2D eigenvalue weighted by molar-refractivity contribution is -0.123. The standard InChI is InChI=1S/C22H23N3O5/c1-22(2)10-17(27)21-16(26)8-13(9-18(21)30-22)29-12-20(28)23-11-19-24-14-6-4-5-7-15(14)25(19)3/h4-9,26H,10-12H2,1-3H3,(H,23,28). The third-order valence-corrected chi connectivity index (χ3v) is 5.00. The summed E-state index contributed by atoms with van der Waals surface area (Å²) < 4.78 is 13.2. The number of carbonyl (C=O) groups excluding carboxylic acids is 2. The van der Waals surface area contributed by atoms with Crippen molar-refractivity contribution in [1.82, 2.24) is 14.9 Å². The van der Waals surface area contributed by atoms with E-state index in [4.69, 9.17) is 9.47 Å². The largest absolute Gasteiger partial charge is 0.507 e. The van der Waals surface area contributed by atoms with Gasteiger partial charge >= 0.3 is 0 Å². The fourth-order valence-electron chi connectivity index (χ4n) is 3.56. The highest BCUT2D eigenvalue weighted by Crippen LogP contribution is 2.40. The van der Waals surface area contributed by atoms with Crippen LogP contribution in [-0.2, 0) is 18.4 Å². The van der Waals surface area contributed by atoms with Crippen molar-refractivity contribution < 1.29 is 24.2 Å². The number of aromatic hydroxyl groups is 1. The van der Waals surface area contributed by atoms with Crippen LogP contribution in [0.5, 0.6) is 17.2 Å². The first-order valence-electron chi connectivity index (χ1n) is 9.62. The zero-order chi connectivity index (χ0) is 21.5. The lowest BCUT2D eigenvalue weighted by Gasteiger charge is -2.32. The van der Waals surface area contributed by atoms with Gasteiger partial charge in [0.25, 0.3) is 5.91 Å². The first-order chi connectivity index (χ1) is 14.2. The molecule has 0 saturated heterocycles. The predicted octanol–water partition coefficient (Wildman–Crippen LogP) is 2.72. The quantitative estimate of drug-likeness (QED) is 0.672. The molecule has 2 N–H and O–H groups in total. The maximum Gasteiger partial charge on any atom is 0.258 e. The normalized spacial score (nSPS) is 14.8. The Bertz CT molecular complexity index is 1150. The fourth-order valence-corrected chi connectivity index (χ4v) is 3.56. The molecule has 8 heteroatoms. The molecule has 0 unspecified atom stereocenters. The molecule has 2 heterocycles. The Morgan fingerprint density at radius 1 is 1.33 bits per heavy atom. The van der Waals surface area contributed by atoms with Crippen LogP contribution in [0.25, 0.3) is 11.0 Å². The number of para-hydroxylation sites is 2. The number of rotatable bonds is 5. The van der Waals surface area contributed by atoms with E-state index in [1.165, 1.54) is 12.1 Å². The molecule has 0 spiro atoms. The fraction of sp³-hybridized carbons (Fsp3) is 0.318. The molecule has 1 aromatic heterocycles. The molecule has 1 aliphatic heterocycles. The van der Waals surface area contributed by atoms with Crippen LogP contribution in [0.1, 0.15) is 36.5 Å². The number of ketones is 1. The van der Waals surface area contributed by atoms with Crippen LogP contribution in [0.2, 0.25) is 0 Å². The molecule has 2 aromatic carbocycles. The Morgan fingerprint density at radius 3 is 2.87 bits per heavy atom. The summed E-state index contributed by atoms with van der Waals surface area (Å²) in [7, 11) is 1.89. The van der Waals surface area contributed by atoms with Crippen molar-refractivity contribution in [1.29, 1.82) is 0 Å². The third-order valence-electron chi connectivity index (χ3n) is 5.00. The van der Waals surface area contributed by atoms with Crippen LogP contribution >= 0.6 is 0 Å². The summed E-state index contributed by atoms with van der Waals surface area (Å²) in [5.41, 5.74) is 1.33. The van der Waals surface area contributed by atoms with E-state index in [0.29, 0.717) is 0 Å². The molecule has 1 aliphatic rings. The number of nitrogens with one attached hydrogen (secondary N) is 1. The summed E-state index contributed by atoms with van der Waals surface area (Å²) in [6.45, 7) is 3.61. The molecule has 4 rings (SSSR count). The van der Waals surface area contributed by atoms with Gasteiger partial charge in [0.2, 0.25) is 0 Å². The van der Waals surface area contributed by atoms with Gasteiger partial charge < -0.3 is 24.5 Å². The van der Waals surface area contributed by atoms with Gasteiger partial charge in [-0.25, -0.2) is 4.98 Å². The van der Waals surface area contributed by atoms with Crippen molar-refractivity contribution >= 4 is 22.7 Å². The molecular weight excluding hydrogens is 386 g/mol. The molecule has 0 fully saturated rings. The molecule has 0 atom stereocenters. The van der Waals surface area contributed by atoms with Crippen LogP contribution in [0.15, 0.2) is 36.4 Å². The van der Waals surface area contributed by atoms with Gasteiger partial charge in [0.05, 0.1) is 24.0 Å². The first-order valence-corrected chi connectivity index (χ1v) is 9.62. The van der Waals surface area contributed by atoms with Gasteiger partial charge in [-0.3, -0.25) is 9.59 Å². The molecule has 30 heavy (non-hydrogen) atoms. The second kappa shape index (κ2) is 7.37. The first kappa shape index (κ1) is 19.8. The van der Waals surface area contributed by atoms with Crippen LogP contribution < -0.4 is 14.8 Å². The minimum atomic E-state index is -0.669.